The van der Waals surface area contributed by atoms with Crippen LogP contribution >= 0.6 is 12.4 Å². The lowest BCUT2D eigenvalue weighted by Gasteiger charge is -2.28. The molecule has 0 amide bonds. The molecule has 0 atom stereocenters. The Morgan fingerprint density at radius 3 is 2.62 bits per heavy atom. The Hall–Kier alpha value is -0.740. The number of piperazine rings is 1. The summed E-state index contributed by atoms with van der Waals surface area (Å²) in [4.78, 5) is 2.35. The number of aryl methyl sites for hydroxylation is 1. The van der Waals surface area contributed by atoms with Crippen LogP contribution in [0.25, 0.3) is 0 Å². The molecule has 0 radical (unpaired) electrons. The van der Waals surface area contributed by atoms with Gasteiger partial charge in [-0.25, -0.2) is 0 Å². The monoisotopic (exact) mass is 202 g/mol. The van der Waals surface area contributed by atoms with Gasteiger partial charge in [-0.1, -0.05) is 0 Å². The molecule has 0 aromatic carbocycles. The number of hydrogen-bond donors (Lipinski definition) is 1. The smallest absolute Gasteiger partial charge is 0.126 e. The maximum Gasteiger partial charge on any atom is 0.126 e. The van der Waals surface area contributed by atoms with Crippen LogP contribution < -0.4 is 10.2 Å². The summed E-state index contributed by atoms with van der Waals surface area (Å²) in [5.74, 6) is 1.22. The normalized spacial score (nSPS) is 16.8. The van der Waals surface area contributed by atoms with Crippen LogP contribution in [-0.2, 0) is 7.05 Å². The predicted octanol–water partition coefficient (Wildman–Crippen LogP) is 0.251. The molecule has 0 unspecified atom stereocenters. The quantitative estimate of drug-likeness (QED) is 0.709. The van der Waals surface area contributed by atoms with Crippen molar-refractivity contribution in [2.45, 2.75) is 0 Å². The van der Waals surface area contributed by atoms with E-state index in [1.165, 1.54) is 5.82 Å². The molecule has 1 aromatic rings. The van der Waals surface area contributed by atoms with E-state index >= 15 is 0 Å². The fraction of sp³-hybridized carbons (Fsp3) is 0.625. The Labute approximate surface area is 84.3 Å². The topological polar surface area (TPSA) is 33.1 Å². The van der Waals surface area contributed by atoms with Crippen molar-refractivity contribution in [3.63, 3.8) is 0 Å². The number of aromatic nitrogens is 2. The van der Waals surface area contributed by atoms with Crippen LogP contribution in [0.5, 0.6) is 0 Å². The third-order valence-electron chi connectivity index (χ3n) is 2.24. The molecule has 2 heterocycles. The van der Waals surface area contributed by atoms with Gasteiger partial charge in [-0.05, 0) is 0 Å². The standard InChI is InChI=1S/C8H14N4.ClH/c1-11-8(2-3-10-11)12-6-4-9-5-7-12;/h2-3,9H,4-7H2,1H3;1H. The summed E-state index contributed by atoms with van der Waals surface area (Å²) in [6.45, 7) is 4.31. The van der Waals surface area contributed by atoms with E-state index in [9.17, 15) is 0 Å². The van der Waals surface area contributed by atoms with Crippen molar-refractivity contribution < 1.29 is 0 Å². The number of nitrogens with one attached hydrogen (secondary N) is 1. The molecule has 5 heteroatoms. The van der Waals surface area contributed by atoms with Gasteiger partial charge in [0.25, 0.3) is 0 Å². The first-order valence-corrected chi connectivity index (χ1v) is 4.31. The van der Waals surface area contributed by atoms with E-state index in [1.807, 2.05) is 17.9 Å². The number of hydrogen-bond acceptors (Lipinski definition) is 3. The van der Waals surface area contributed by atoms with E-state index in [4.69, 9.17) is 0 Å². The zero-order valence-corrected chi connectivity index (χ0v) is 8.55. The lowest BCUT2D eigenvalue weighted by molar-refractivity contribution is 0.572. The van der Waals surface area contributed by atoms with Crippen LogP contribution in [0, 0.1) is 0 Å². The first-order chi connectivity index (χ1) is 5.88. The first-order valence-electron chi connectivity index (χ1n) is 4.31. The van der Waals surface area contributed by atoms with Gasteiger partial charge in [0.1, 0.15) is 5.82 Å². The number of nitrogens with zero attached hydrogens (tertiary/aromatic N) is 3. The molecule has 13 heavy (non-hydrogen) atoms. The van der Waals surface area contributed by atoms with Gasteiger partial charge in [0, 0.05) is 39.3 Å². The highest BCUT2D eigenvalue weighted by Crippen LogP contribution is 2.11. The van der Waals surface area contributed by atoms with E-state index in [0.29, 0.717) is 0 Å². The van der Waals surface area contributed by atoms with Crippen molar-refractivity contribution in [3.05, 3.63) is 12.3 Å². The summed E-state index contributed by atoms with van der Waals surface area (Å²) >= 11 is 0. The lowest BCUT2D eigenvalue weighted by atomic mass is 10.3. The van der Waals surface area contributed by atoms with Crippen molar-refractivity contribution in [2.24, 2.45) is 7.05 Å². The summed E-state index contributed by atoms with van der Waals surface area (Å²) in [5, 5.41) is 7.47. The summed E-state index contributed by atoms with van der Waals surface area (Å²) < 4.78 is 1.92. The van der Waals surface area contributed by atoms with Gasteiger partial charge in [0.05, 0.1) is 6.20 Å². The van der Waals surface area contributed by atoms with Crippen molar-refractivity contribution >= 4 is 18.2 Å². The minimum absolute atomic E-state index is 0. The van der Waals surface area contributed by atoms with E-state index in [-0.39, 0.29) is 12.4 Å². The largest absolute Gasteiger partial charge is 0.354 e. The summed E-state index contributed by atoms with van der Waals surface area (Å²) in [5.41, 5.74) is 0. The molecule has 0 saturated carbocycles. The van der Waals surface area contributed by atoms with Gasteiger partial charge in [-0.2, -0.15) is 5.10 Å². The van der Waals surface area contributed by atoms with Crippen molar-refractivity contribution in [1.82, 2.24) is 15.1 Å². The Kier molecular flexibility index (Phi) is 3.57. The van der Waals surface area contributed by atoms with E-state index in [2.05, 4.69) is 21.4 Å². The number of anilines is 1. The zero-order valence-electron chi connectivity index (χ0n) is 7.73. The molecule has 74 valence electrons. The molecule has 1 aliphatic rings. The van der Waals surface area contributed by atoms with Crippen LogP contribution in [0.1, 0.15) is 0 Å². The fourth-order valence-corrected chi connectivity index (χ4v) is 1.57. The Balaban J connectivity index is 0.000000845. The highest BCUT2D eigenvalue weighted by Gasteiger charge is 2.12. The predicted molar refractivity (Wildman–Crippen MR) is 55.5 cm³/mol. The fourth-order valence-electron chi connectivity index (χ4n) is 1.57. The molecule has 1 fully saturated rings. The molecular formula is C8H15ClN4. The summed E-state index contributed by atoms with van der Waals surface area (Å²) in [7, 11) is 1.98. The molecule has 1 aliphatic heterocycles. The second kappa shape index (κ2) is 4.48. The minimum atomic E-state index is 0. The SMILES string of the molecule is Cl.Cn1nccc1N1CCNCC1. The lowest BCUT2D eigenvalue weighted by Crippen LogP contribution is -2.44. The molecule has 4 nitrogen and oxygen atoms in total. The van der Waals surface area contributed by atoms with E-state index in [0.717, 1.165) is 26.2 Å². The maximum absolute atomic E-state index is 4.15. The third kappa shape index (κ3) is 2.14. The molecule has 1 N–H and O–H groups in total. The van der Waals surface area contributed by atoms with Gasteiger partial charge in [0.2, 0.25) is 0 Å². The molecule has 0 aliphatic carbocycles. The molecule has 0 spiro atoms. The van der Waals surface area contributed by atoms with Crippen molar-refractivity contribution in [1.29, 1.82) is 0 Å². The van der Waals surface area contributed by atoms with E-state index in [1.54, 1.807) is 0 Å². The summed E-state index contributed by atoms with van der Waals surface area (Å²) in [6.07, 6.45) is 1.84. The molecule has 0 bridgehead atoms. The highest BCUT2D eigenvalue weighted by molar-refractivity contribution is 5.85. The zero-order chi connectivity index (χ0) is 8.39. The molecule has 1 saturated heterocycles. The van der Waals surface area contributed by atoms with Crippen LogP contribution in [0.2, 0.25) is 0 Å². The van der Waals surface area contributed by atoms with E-state index < -0.39 is 0 Å². The van der Waals surface area contributed by atoms with Crippen molar-refractivity contribution in [2.75, 3.05) is 31.1 Å². The Morgan fingerprint density at radius 2 is 2.08 bits per heavy atom. The Morgan fingerprint density at radius 1 is 1.38 bits per heavy atom. The van der Waals surface area contributed by atoms with Gasteiger partial charge >= 0.3 is 0 Å². The van der Waals surface area contributed by atoms with Gasteiger partial charge in [-0.15, -0.1) is 12.4 Å². The molecule has 1 aromatic heterocycles. The van der Waals surface area contributed by atoms with Crippen LogP contribution in [0.3, 0.4) is 0 Å². The Bertz CT molecular complexity index is 254. The number of halogens is 1. The van der Waals surface area contributed by atoms with Crippen LogP contribution in [0.15, 0.2) is 12.3 Å². The molecular weight excluding hydrogens is 188 g/mol. The second-order valence-corrected chi connectivity index (χ2v) is 3.05. The van der Waals surface area contributed by atoms with Crippen LogP contribution in [-0.4, -0.2) is 36.0 Å². The number of rotatable bonds is 1. The highest BCUT2D eigenvalue weighted by atomic mass is 35.5. The van der Waals surface area contributed by atoms with Gasteiger partial charge in [-0.3, -0.25) is 4.68 Å². The molecule has 2 rings (SSSR count). The average molecular weight is 203 g/mol. The van der Waals surface area contributed by atoms with Crippen LogP contribution in [0.4, 0.5) is 5.82 Å². The third-order valence-corrected chi connectivity index (χ3v) is 2.24. The maximum atomic E-state index is 4.15. The van der Waals surface area contributed by atoms with Crippen molar-refractivity contribution in [3.8, 4) is 0 Å². The van der Waals surface area contributed by atoms with Gasteiger partial charge in [0.15, 0.2) is 0 Å². The van der Waals surface area contributed by atoms with Gasteiger partial charge < -0.3 is 10.2 Å². The second-order valence-electron chi connectivity index (χ2n) is 3.05. The first kappa shape index (κ1) is 10.3. The summed E-state index contributed by atoms with van der Waals surface area (Å²) in [6, 6.07) is 2.06. The average Bonchev–Trinajstić information content (AvgIpc) is 2.53. The minimum Gasteiger partial charge on any atom is -0.354 e.